The Morgan fingerprint density at radius 3 is 2.19 bits per heavy atom. The first-order chi connectivity index (χ1) is 17.8. The molecule has 2 amide bonds. The molecule has 0 saturated heterocycles. The number of hydrogen-bond acceptors (Lipinski definition) is 5. The summed E-state index contributed by atoms with van der Waals surface area (Å²) in [6, 6.07) is 17.5. The van der Waals surface area contributed by atoms with Crippen LogP contribution in [-0.2, 0) is 20.8 Å². The number of benzene rings is 2. The highest BCUT2D eigenvalue weighted by Crippen LogP contribution is 2.17. The molecule has 1 unspecified atom stereocenters. The molecule has 0 spiro atoms. The highest BCUT2D eigenvalue weighted by Gasteiger charge is 2.29. The van der Waals surface area contributed by atoms with Gasteiger partial charge in [-0.3, -0.25) is 24.0 Å². The summed E-state index contributed by atoms with van der Waals surface area (Å²) in [7, 11) is 0. The molecule has 10 heteroatoms. The van der Waals surface area contributed by atoms with Crippen LogP contribution in [0.15, 0.2) is 83.8 Å². The summed E-state index contributed by atoms with van der Waals surface area (Å²) in [5.74, 6) is -3.82. The Balaban J connectivity index is 1.92. The lowest BCUT2D eigenvalue weighted by molar-refractivity contribution is -0.140. The molecular weight excluding hydrogens is 481 g/mol. The third kappa shape index (κ3) is 7.44. The van der Waals surface area contributed by atoms with Gasteiger partial charge in [-0.05, 0) is 42.7 Å². The fourth-order valence-corrected chi connectivity index (χ4v) is 3.76. The Morgan fingerprint density at radius 1 is 0.919 bits per heavy atom. The molecule has 0 bridgehead atoms. The largest absolute Gasteiger partial charge is 0.481 e. The number of ketones is 1. The van der Waals surface area contributed by atoms with Crippen molar-refractivity contribution in [3.05, 3.63) is 100 Å². The van der Waals surface area contributed by atoms with Gasteiger partial charge in [-0.25, -0.2) is 4.39 Å². The van der Waals surface area contributed by atoms with Crippen LogP contribution in [0.3, 0.4) is 0 Å². The number of rotatable bonds is 12. The SMILES string of the molecule is O=C(O)CC(NC(=O)[C@@H](CCc1ccccc1)n1cccc(NC(=O)c2ccccc2)c1=O)C(=O)CF. The van der Waals surface area contributed by atoms with Gasteiger partial charge in [0.15, 0.2) is 5.78 Å². The van der Waals surface area contributed by atoms with Crippen LogP contribution < -0.4 is 16.2 Å². The first kappa shape index (κ1) is 27.0. The quantitative estimate of drug-likeness (QED) is 0.345. The molecule has 0 saturated carbocycles. The Morgan fingerprint density at radius 2 is 1.57 bits per heavy atom. The number of carbonyl (C=O) groups is 4. The highest BCUT2D eigenvalue weighted by molar-refractivity contribution is 6.04. The number of amides is 2. The summed E-state index contributed by atoms with van der Waals surface area (Å²) in [5, 5.41) is 13.9. The Bertz CT molecular complexity index is 1310. The van der Waals surface area contributed by atoms with Crippen molar-refractivity contribution in [1.29, 1.82) is 0 Å². The number of carbonyl (C=O) groups excluding carboxylic acids is 3. The van der Waals surface area contributed by atoms with E-state index in [2.05, 4.69) is 10.6 Å². The minimum absolute atomic E-state index is 0.0733. The predicted molar refractivity (Wildman–Crippen MR) is 134 cm³/mol. The lowest BCUT2D eigenvalue weighted by atomic mass is 10.0. The van der Waals surface area contributed by atoms with E-state index in [1.54, 1.807) is 30.3 Å². The van der Waals surface area contributed by atoms with Crippen LogP contribution >= 0.6 is 0 Å². The van der Waals surface area contributed by atoms with E-state index in [9.17, 15) is 28.4 Å². The molecule has 0 aliphatic rings. The van der Waals surface area contributed by atoms with Crippen molar-refractivity contribution in [2.45, 2.75) is 31.3 Å². The van der Waals surface area contributed by atoms with E-state index in [0.29, 0.717) is 12.0 Å². The number of aryl methyl sites for hydroxylation is 1. The van der Waals surface area contributed by atoms with Crippen LogP contribution in [0.2, 0.25) is 0 Å². The van der Waals surface area contributed by atoms with E-state index < -0.39 is 54.3 Å². The molecule has 3 N–H and O–H groups in total. The molecule has 0 radical (unpaired) electrons. The van der Waals surface area contributed by atoms with Gasteiger partial charge in [0.05, 0.1) is 6.42 Å². The van der Waals surface area contributed by atoms with Gasteiger partial charge < -0.3 is 20.3 Å². The van der Waals surface area contributed by atoms with Crippen LogP contribution in [0.4, 0.5) is 10.1 Å². The summed E-state index contributed by atoms with van der Waals surface area (Å²) in [4.78, 5) is 62.2. The average molecular weight is 508 g/mol. The van der Waals surface area contributed by atoms with Gasteiger partial charge in [0.2, 0.25) is 5.91 Å². The molecule has 0 aliphatic carbocycles. The highest BCUT2D eigenvalue weighted by atomic mass is 19.1. The van der Waals surface area contributed by atoms with Crippen molar-refractivity contribution >= 4 is 29.3 Å². The number of nitrogens with zero attached hydrogens (tertiary/aromatic N) is 1. The van der Waals surface area contributed by atoms with Gasteiger partial charge >= 0.3 is 5.97 Å². The Hall–Kier alpha value is -4.60. The van der Waals surface area contributed by atoms with Crippen LogP contribution in [-0.4, -0.2) is 46.0 Å². The fraction of sp³-hybridized carbons (Fsp3) is 0.222. The van der Waals surface area contributed by atoms with Crippen LogP contribution in [0, 0.1) is 0 Å². The topological polar surface area (TPSA) is 135 Å². The number of Topliss-reactive ketones (excluding diaryl/α,β-unsaturated/α-hetero) is 1. The number of pyridine rings is 1. The van der Waals surface area contributed by atoms with E-state index in [4.69, 9.17) is 5.11 Å². The molecule has 3 rings (SSSR count). The molecule has 2 aromatic carbocycles. The number of aliphatic carboxylic acids is 1. The second-order valence-corrected chi connectivity index (χ2v) is 8.25. The van der Waals surface area contributed by atoms with E-state index in [0.717, 1.165) is 10.1 Å². The molecule has 0 fully saturated rings. The van der Waals surface area contributed by atoms with E-state index >= 15 is 0 Å². The zero-order chi connectivity index (χ0) is 26.8. The number of carboxylic acids is 1. The number of anilines is 1. The minimum Gasteiger partial charge on any atom is -0.481 e. The van der Waals surface area contributed by atoms with Gasteiger partial charge in [-0.2, -0.15) is 0 Å². The minimum atomic E-state index is -1.59. The summed E-state index contributed by atoms with van der Waals surface area (Å²) in [5.41, 5.74) is 0.461. The monoisotopic (exact) mass is 507 g/mol. The molecule has 3 aromatic rings. The summed E-state index contributed by atoms with van der Waals surface area (Å²) in [6.45, 7) is -1.45. The van der Waals surface area contributed by atoms with Gasteiger partial charge in [0.25, 0.3) is 11.5 Å². The van der Waals surface area contributed by atoms with Crippen LogP contribution in [0.5, 0.6) is 0 Å². The lowest BCUT2D eigenvalue weighted by Gasteiger charge is -2.23. The molecule has 1 aromatic heterocycles. The predicted octanol–water partition coefficient (Wildman–Crippen LogP) is 2.77. The van der Waals surface area contributed by atoms with Gasteiger partial charge in [0.1, 0.15) is 24.4 Å². The summed E-state index contributed by atoms with van der Waals surface area (Å²) >= 11 is 0. The van der Waals surface area contributed by atoms with E-state index in [1.165, 1.54) is 18.3 Å². The third-order valence-electron chi connectivity index (χ3n) is 5.66. The first-order valence-corrected chi connectivity index (χ1v) is 11.5. The standard InChI is InChI=1S/C27H26FN3O6/c28-17-23(32)21(16-24(33)34)30-26(36)22(14-13-18-8-3-1-4-9-18)31-15-7-12-20(27(31)37)29-25(35)19-10-5-2-6-11-19/h1-12,15,21-22H,13-14,16-17H2,(H,29,35)(H,30,36)(H,33,34)/t21?,22-/m1/s1. The van der Waals surface area contributed by atoms with Crippen molar-refractivity contribution in [3.63, 3.8) is 0 Å². The fourth-order valence-electron chi connectivity index (χ4n) is 3.76. The van der Waals surface area contributed by atoms with Crippen molar-refractivity contribution in [2.24, 2.45) is 0 Å². The average Bonchev–Trinajstić information content (AvgIpc) is 2.90. The van der Waals surface area contributed by atoms with Crippen molar-refractivity contribution in [1.82, 2.24) is 9.88 Å². The number of carboxylic acid groups (broad SMARTS) is 1. The molecule has 2 atom stereocenters. The van der Waals surface area contributed by atoms with Crippen molar-refractivity contribution < 1.29 is 28.7 Å². The molecule has 9 nitrogen and oxygen atoms in total. The van der Waals surface area contributed by atoms with Gasteiger partial charge in [-0.1, -0.05) is 48.5 Å². The molecular formula is C27H26FN3O6. The zero-order valence-corrected chi connectivity index (χ0v) is 19.8. The van der Waals surface area contributed by atoms with Crippen LogP contribution in [0.25, 0.3) is 0 Å². The normalized spacial score (nSPS) is 12.2. The maximum atomic E-state index is 13.3. The third-order valence-corrected chi connectivity index (χ3v) is 5.66. The second kappa shape index (κ2) is 12.9. The number of aromatic nitrogens is 1. The van der Waals surface area contributed by atoms with Crippen molar-refractivity contribution in [2.75, 3.05) is 12.0 Å². The maximum absolute atomic E-state index is 13.3. The maximum Gasteiger partial charge on any atom is 0.305 e. The lowest BCUT2D eigenvalue weighted by Crippen LogP contribution is -2.47. The molecule has 0 aliphatic heterocycles. The van der Waals surface area contributed by atoms with E-state index in [1.807, 2.05) is 30.3 Å². The number of hydrogen-bond donors (Lipinski definition) is 3. The number of alkyl halides is 1. The molecule has 192 valence electrons. The molecule has 37 heavy (non-hydrogen) atoms. The summed E-state index contributed by atoms with van der Waals surface area (Å²) in [6.07, 6.45) is 1.03. The van der Waals surface area contributed by atoms with Gasteiger partial charge in [-0.15, -0.1) is 0 Å². The second-order valence-electron chi connectivity index (χ2n) is 8.25. The molecule has 1 heterocycles. The number of halogens is 1. The first-order valence-electron chi connectivity index (χ1n) is 11.5. The smallest absolute Gasteiger partial charge is 0.305 e. The van der Waals surface area contributed by atoms with Crippen LogP contribution in [0.1, 0.15) is 34.8 Å². The van der Waals surface area contributed by atoms with Crippen molar-refractivity contribution in [3.8, 4) is 0 Å². The Kier molecular flexibility index (Phi) is 9.42. The van der Waals surface area contributed by atoms with Gasteiger partial charge in [0, 0.05) is 11.8 Å². The number of nitrogens with one attached hydrogen (secondary N) is 2. The zero-order valence-electron chi connectivity index (χ0n) is 19.8. The van der Waals surface area contributed by atoms with E-state index in [-0.39, 0.29) is 12.1 Å². The summed E-state index contributed by atoms with van der Waals surface area (Å²) < 4.78 is 14.1. The Labute approximate surface area is 211 Å².